The van der Waals surface area contributed by atoms with Gasteiger partial charge in [-0.15, -0.1) is 0 Å². The molecule has 6 N–H and O–H groups in total. The van der Waals surface area contributed by atoms with E-state index in [2.05, 4.69) is 0 Å². The smallest absolute Gasteiger partial charge is 0.243 e. The maximum atomic E-state index is 10.4. The van der Waals surface area contributed by atoms with Gasteiger partial charge in [-0.1, -0.05) is 0 Å². The summed E-state index contributed by atoms with van der Waals surface area (Å²) in [6.07, 6.45) is 0.127. The standard InChI is InChI=1S/C5H11N3O3/c6-3(5(7)10)1-2-4(9)8-11/h3,11H,1-2,6H2,(H2,7,10)(H,8,9)/t3-/m0/s1. The maximum Gasteiger partial charge on any atom is 0.243 e. The highest BCUT2D eigenvalue weighted by atomic mass is 16.5. The molecule has 64 valence electrons. The van der Waals surface area contributed by atoms with Gasteiger partial charge in [-0.2, -0.15) is 0 Å². The van der Waals surface area contributed by atoms with Crippen molar-refractivity contribution in [2.75, 3.05) is 0 Å². The molecule has 0 aliphatic heterocycles. The molecule has 11 heavy (non-hydrogen) atoms. The fraction of sp³-hybridized carbons (Fsp3) is 0.600. The average Bonchev–Trinajstić information content (AvgIpc) is 1.99. The molecule has 0 aliphatic rings. The highest BCUT2D eigenvalue weighted by Crippen LogP contribution is 1.92. The van der Waals surface area contributed by atoms with Crippen LogP contribution >= 0.6 is 0 Å². The van der Waals surface area contributed by atoms with Gasteiger partial charge >= 0.3 is 0 Å². The number of carbonyl (C=O) groups excluding carboxylic acids is 2. The zero-order valence-corrected chi connectivity index (χ0v) is 5.91. The van der Waals surface area contributed by atoms with Crippen LogP contribution in [-0.4, -0.2) is 23.1 Å². The van der Waals surface area contributed by atoms with Crippen molar-refractivity contribution >= 4 is 11.8 Å². The van der Waals surface area contributed by atoms with E-state index >= 15 is 0 Å². The summed E-state index contributed by atoms with van der Waals surface area (Å²) in [6, 6.07) is -0.827. The Hall–Kier alpha value is -1.14. The number of nitrogens with two attached hydrogens (primary N) is 2. The molecule has 0 heterocycles. The maximum absolute atomic E-state index is 10.4. The summed E-state index contributed by atoms with van der Waals surface area (Å²) in [5.74, 6) is -1.24. The van der Waals surface area contributed by atoms with Crippen molar-refractivity contribution in [2.45, 2.75) is 18.9 Å². The van der Waals surface area contributed by atoms with Crippen LogP contribution in [-0.2, 0) is 9.59 Å². The van der Waals surface area contributed by atoms with Crippen LogP contribution in [0.25, 0.3) is 0 Å². The fourth-order valence-corrected chi connectivity index (χ4v) is 0.485. The number of hydrogen-bond acceptors (Lipinski definition) is 4. The van der Waals surface area contributed by atoms with E-state index in [1.54, 1.807) is 0 Å². The van der Waals surface area contributed by atoms with E-state index in [0.29, 0.717) is 0 Å². The fourth-order valence-electron chi connectivity index (χ4n) is 0.485. The Morgan fingerprint density at radius 3 is 2.45 bits per heavy atom. The van der Waals surface area contributed by atoms with Crippen LogP contribution in [0.2, 0.25) is 0 Å². The summed E-state index contributed by atoms with van der Waals surface area (Å²) in [6.45, 7) is 0. The number of nitrogens with one attached hydrogen (secondary N) is 1. The lowest BCUT2D eigenvalue weighted by molar-refractivity contribution is -0.129. The third-order valence-corrected chi connectivity index (χ3v) is 1.17. The number of amides is 2. The van der Waals surface area contributed by atoms with Crippen LogP contribution in [0.15, 0.2) is 0 Å². The summed E-state index contributed by atoms with van der Waals surface area (Å²) in [4.78, 5) is 20.7. The molecule has 1 atom stereocenters. The van der Waals surface area contributed by atoms with Crippen molar-refractivity contribution in [2.24, 2.45) is 11.5 Å². The average molecular weight is 161 g/mol. The molecular formula is C5H11N3O3. The second kappa shape index (κ2) is 4.64. The zero-order valence-electron chi connectivity index (χ0n) is 5.91. The molecule has 0 aromatic rings. The van der Waals surface area contributed by atoms with Crippen molar-refractivity contribution in [1.82, 2.24) is 5.48 Å². The lowest BCUT2D eigenvalue weighted by atomic mass is 10.1. The predicted octanol–water partition coefficient (Wildman–Crippen LogP) is -1.92. The first-order valence-electron chi connectivity index (χ1n) is 3.05. The number of primary amides is 1. The number of carbonyl (C=O) groups is 2. The summed E-state index contributed by atoms with van der Waals surface area (Å²) >= 11 is 0. The van der Waals surface area contributed by atoms with Gasteiger partial charge in [0.25, 0.3) is 0 Å². The van der Waals surface area contributed by atoms with Crippen LogP contribution in [0, 0.1) is 0 Å². The van der Waals surface area contributed by atoms with Gasteiger partial charge in [0.1, 0.15) is 0 Å². The van der Waals surface area contributed by atoms with E-state index in [4.69, 9.17) is 16.7 Å². The topological polar surface area (TPSA) is 118 Å². The number of hydroxylamine groups is 1. The van der Waals surface area contributed by atoms with Crippen molar-refractivity contribution in [3.05, 3.63) is 0 Å². The Balaban J connectivity index is 3.54. The molecule has 0 unspecified atom stereocenters. The minimum Gasteiger partial charge on any atom is -0.368 e. The van der Waals surface area contributed by atoms with Crippen molar-refractivity contribution in [3.8, 4) is 0 Å². The molecule has 0 bridgehead atoms. The van der Waals surface area contributed by atoms with Gasteiger partial charge in [0.15, 0.2) is 0 Å². The van der Waals surface area contributed by atoms with Gasteiger partial charge in [0.2, 0.25) is 11.8 Å². The summed E-state index contributed by atoms with van der Waals surface area (Å²) in [7, 11) is 0. The molecule has 0 rings (SSSR count). The molecule has 6 nitrogen and oxygen atoms in total. The molecule has 0 fully saturated rings. The Kier molecular flexibility index (Phi) is 4.16. The molecule has 0 saturated heterocycles. The minimum absolute atomic E-state index is 0.0133. The van der Waals surface area contributed by atoms with Gasteiger partial charge in [-0.3, -0.25) is 14.8 Å². The van der Waals surface area contributed by atoms with Crippen LogP contribution in [0.1, 0.15) is 12.8 Å². The van der Waals surface area contributed by atoms with E-state index < -0.39 is 17.9 Å². The third-order valence-electron chi connectivity index (χ3n) is 1.17. The van der Waals surface area contributed by atoms with Crippen LogP contribution in [0.5, 0.6) is 0 Å². The number of rotatable bonds is 4. The third kappa shape index (κ3) is 4.29. The minimum atomic E-state index is -0.827. The molecule has 0 aliphatic carbocycles. The van der Waals surface area contributed by atoms with Crippen LogP contribution in [0.3, 0.4) is 0 Å². The normalized spacial score (nSPS) is 12.2. The van der Waals surface area contributed by atoms with E-state index in [1.807, 2.05) is 0 Å². The van der Waals surface area contributed by atoms with Crippen LogP contribution < -0.4 is 16.9 Å². The molecular weight excluding hydrogens is 150 g/mol. The Morgan fingerprint density at radius 2 is 2.09 bits per heavy atom. The van der Waals surface area contributed by atoms with E-state index in [-0.39, 0.29) is 12.8 Å². The lowest BCUT2D eigenvalue weighted by Gasteiger charge is -2.04. The first-order valence-corrected chi connectivity index (χ1v) is 3.05. The highest BCUT2D eigenvalue weighted by molar-refractivity contribution is 5.81. The lowest BCUT2D eigenvalue weighted by Crippen LogP contribution is -2.37. The SMILES string of the molecule is NC(=O)[C@@H](N)CCC(=O)NO. The summed E-state index contributed by atoms with van der Waals surface area (Å²) < 4.78 is 0. The van der Waals surface area contributed by atoms with E-state index in [9.17, 15) is 9.59 Å². The Labute approximate surface area is 63.5 Å². The van der Waals surface area contributed by atoms with Gasteiger partial charge < -0.3 is 11.5 Å². The molecule has 0 spiro atoms. The van der Waals surface area contributed by atoms with E-state index in [0.717, 1.165) is 0 Å². The van der Waals surface area contributed by atoms with Crippen molar-refractivity contribution < 1.29 is 14.8 Å². The van der Waals surface area contributed by atoms with Crippen LogP contribution in [0.4, 0.5) is 0 Å². The second-order valence-electron chi connectivity index (χ2n) is 2.08. The Morgan fingerprint density at radius 1 is 1.55 bits per heavy atom. The molecule has 6 heteroatoms. The highest BCUT2D eigenvalue weighted by Gasteiger charge is 2.10. The molecule has 0 radical (unpaired) electrons. The summed E-state index contributed by atoms with van der Waals surface area (Å²) in [5, 5.41) is 8.03. The van der Waals surface area contributed by atoms with Gasteiger partial charge in [0, 0.05) is 6.42 Å². The second-order valence-corrected chi connectivity index (χ2v) is 2.08. The Bertz CT molecular complexity index is 159. The van der Waals surface area contributed by atoms with Crippen molar-refractivity contribution in [1.29, 1.82) is 0 Å². The van der Waals surface area contributed by atoms with Gasteiger partial charge in [0.05, 0.1) is 6.04 Å². The molecule has 0 saturated carbocycles. The molecule has 0 aromatic carbocycles. The summed E-state index contributed by atoms with van der Waals surface area (Å²) in [5.41, 5.74) is 11.4. The van der Waals surface area contributed by atoms with Crippen molar-refractivity contribution in [3.63, 3.8) is 0 Å². The van der Waals surface area contributed by atoms with E-state index in [1.165, 1.54) is 5.48 Å². The van der Waals surface area contributed by atoms with Gasteiger partial charge in [-0.05, 0) is 6.42 Å². The zero-order chi connectivity index (χ0) is 8.85. The quantitative estimate of drug-likeness (QED) is 0.284. The largest absolute Gasteiger partial charge is 0.368 e. The van der Waals surface area contributed by atoms with Gasteiger partial charge in [-0.25, -0.2) is 5.48 Å². The first-order chi connectivity index (χ1) is 5.07. The molecule has 0 aromatic heterocycles. The first kappa shape index (κ1) is 9.86. The predicted molar refractivity (Wildman–Crippen MR) is 36.3 cm³/mol. The number of hydrogen-bond donors (Lipinski definition) is 4. The monoisotopic (exact) mass is 161 g/mol. The molecule has 2 amide bonds.